The second-order valence-electron chi connectivity index (χ2n) is 49.4. The molecule has 3 unspecified atom stereocenters. The van der Waals surface area contributed by atoms with E-state index in [4.69, 9.17) is 26.6 Å². The number of rotatable bonds is 21. The third-order valence-electron chi connectivity index (χ3n) is 35.1. The number of aliphatic hydroxyl groups is 1. The van der Waals surface area contributed by atoms with Gasteiger partial charge in [-0.25, -0.2) is 0 Å². The lowest BCUT2D eigenvalue weighted by atomic mass is 9.61. The van der Waals surface area contributed by atoms with Crippen LogP contribution in [0.3, 0.4) is 0 Å². The van der Waals surface area contributed by atoms with Gasteiger partial charge in [-0.15, -0.1) is 0 Å². The molecule has 0 bridgehead atoms. The highest BCUT2D eigenvalue weighted by atomic mass is 79.9. The van der Waals surface area contributed by atoms with E-state index in [0.717, 1.165) is 67.2 Å². The first-order valence-corrected chi connectivity index (χ1v) is 65.7. The van der Waals surface area contributed by atoms with Crippen LogP contribution in [-0.4, -0.2) is 110 Å². The number of aldehydes is 1. The van der Waals surface area contributed by atoms with Crippen molar-refractivity contribution in [2.45, 2.75) is 461 Å². The predicted octanol–water partition coefficient (Wildman–Crippen LogP) is 32.3. The Bertz CT molecular complexity index is 3460. The molecule has 9 saturated carbocycles. The number of hydrogen-bond donors (Lipinski definition) is 1. The van der Waals surface area contributed by atoms with Crippen LogP contribution < -0.4 is 0 Å². The van der Waals surface area contributed by atoms with Crippen LogP contribution in [0.15, 0.2) is 106 Å². The van der Waals surface area contributed by atoms with Crippen molar-refractivity contribution in [2.75, 3.05) is 11.9 Å². The van der Waals surface area contributed by atoms with Gasteiger partial charge in [0.25, 0.3) is 0 Å². The Hall–Kier alpha value is -1.17. The molecule has 9 aliphatic rings. The molecule has 0 heterocycles. The Kier molecular flexibility index (Phi) is 36.8. The van der Waals surface area contributed by atoms with E-state index >= 15 is 0 Å². The zero-order chi connectivity index (χ0) is 88.8. The first kappa shape index (κ1) is 108. The summed E-state index contributed by atoms with van der Waals surface area (Å²) in [7, 11) is -11.6. The molecule has 0 aromatic heterocycles. The molecule has 0 radical (unpaired) electrons. The van der Waals surface area contributed by atoms with E-state index < -0.39 is 49.9 Å². The van der Waals surface area contributed by atoms with Crippen LogP contribution >= 0.6 is 15.9 Å². The second-order valence-corrected chi connectivity index (χ2v) is 78.6. The molecule has 9 fully saturated rings. The SMILES string of the molecule is C.C.C=C1/C(=C\C=C2/CCC[C@@]3(C)C2CC[C@@H]3[C@H](C)C=O)C[C@@H](O[Si](C)(C)C(C)(C)C)C[C@@H]1O[Si](C)(C)C(C)(C)C.C=C1/C(=C\C=C2/CCC[C@@]3(C)C2CC[C@@H]3[C@H](C)CBr)C[C@@H](O[Si](C)(C)C(C)(C)C)C[C@@H]1O[Si](C)(C)C(C)(C)C.C=C1/C(=C\C=C2/CCC[C@@]3(C)C2CC[C@@H]3[C@H](C)CO)C[C@@H](O[Si](C)(C)C(C)(C)C)C[C@@H]1O[Si](C)(C)C(C)(C)C. The molecule has 119 heavy (non-hydrogen) atoms. The summed E-state index contributed by atoms with van der Waals surface area (Å²) in [6, 6.07) is 0. The van der Waals surface area contributed by atoms with Gasteiger partial charge >= 0.3 is 0 Å². The molecule has 0 amide bonds. The standard InChI is InChI=1S/C34H61BrO2Si2.C34H62O3Si2.C34H60O3Si2.2CH4/c3*1-24(23-35)29-18-19-30-26(15-14-20-34(29,30)9)16-17-27-21-28(36-38(10,11)32(3,4)5)22-31(25(27)2)37-39(12,13)33(6,7)8;;/h16-17,24,28-31H,2,14-15,18-23H2,1,3-13H3;16-17,24,28-31,35H,2,14-15,18-23H2,1,3-13H3;16-17,23-24,28-31H,2,14-15,18-22H2,1,3-13H3;2*1H4/b3*26-16+,27-17-;;/t3*24-,28-,29-,30?,31+,34-;;/m111../s1. The zero-order valence-corrected chi connectivity index (χ0v) is 90.4. The van der Waals surface area contributed by atoms with Crippen molar-refractivity contribution >= 4 is 72.1 Å². The molecule has 0 aromatic rings. The van der Waals surface area contributed by atoms with Gasteiger partial charge in [0.05, 0.1) is 36.6 Å². The fraction of sp³-hybridized carbons (Fsp3) is 0.817. The lowest BCUT2D eigenvalue weighted by molar-refractivity contribution is -0.113. The van der Waals surface area contributed by atoms with Gasteiger partial charge in [-0.05, 0) is 321 Å². The van der Waals surface area contributed by atoms with Gasteiger partial charge in [0.15, 0.2) is 49.9 Å². The first-order valence-electron chi connectivity index (χ1n) is 47.2. The number of carbonyl (C=O) groups is 1. The predicted molar refractivity (Wildman–Crippen MR) is 538 cm³/mol. The number of fused-ring (bicyclic) bond motifs is 3. The molecule has 0 saturated heterocycles. The Labute approximate surface area is 752 Å². The fourth-order valence-electron chi connectivity index (χ4n) is 21.2. The molecule has 1 N–H and O–H groups in total. The highest BCUT2D eigenvalue weighted by Crippen LogP contribution is 2.63. The van der Waals surface area contributed by atoms with E-state index in [-0.39, 0.29) is 93.0 Å². The monoisotopic (exact) mass is 1820 g/mol. The van der Waals surface area contributed by atoms with Crippen LogP contribution in [0.25, 0.3) is 0 Å². The number of hydrogen-bond acceptors (Lipinski definition) is 8. The van der Waals surface area contributed by atoms with E-state index in [9.17, 15) is 9.90 Å². The topological polar surface area (TPSA) is 92.7 Å². The molecular weight excluding hydrogens is 1630 g/mol. The average Bonchev–Trinajstić information content (AvgIpc) is 1.62. The van der Waals surface area contributed by atoms with Gasteiger partial charge in [0.2, 0.25) is 0 Å². The van der Waals surface area contributed by atoms with Crippen molar-refractivity contribution in [1.29, 1.82) is 0 Å². The van der Waals surface area contributed by atoms with Crippen LogP contribution in [0, 0.1) is 69.5 Å². The molecule has 686 valence electrons. The Morgan fingerprint density at radius 1 is 0.395 bits per heavy atom. The van der Waals surface area contributed by atoms with E-state index in [2.05, 4.69) is 317 Å². The minimum atomic E-state index is -1.97. The van der Waals surface area contributed by atoms with Crippen LogP contribution in [-0.2, 0) is 31.4 Å². The minimum absolute atomic E-state index is 0. The van der Waals surface area contributed by atoms with Gasteiger partial charge < -0.3 is 36.5 Å². The van der Waals surface area contributed by atoms with Crippen molar-refractivity contribution < 1.29 is 36.5 Å². The van der Waals surface area contributed by atoms with Crippen molar-refractivity contribution in [3.05, 3.63) is 106 Å². The molecule has 9 rings (SSSR count). The lowest BCUT2D eigenvalue weighted by Crippen LogP contribution is -2.49. The summed E-state index contributed by atoms with van der Waals surface area (Å²) in [5, 5.41) is 12.1. The number of alkyl halides is 1. The second kappa shape index (κ2) is 40.5. The number of halogens is 1. The third kappa shape index (κ3) is 25.1. The highest BCUT2D eigenvalue weighted by molar-refractivity contribution is 9.09. The molecule has 9 aliphatic carbocycles. The molecule has 18 atom stereocenters. The fourth-order valence-corrected chi connectivity index (χ4v) is 29.7. The van der Waals surface area contributed by atoms with Gasteiger partial charge in [-0.1, -0.05) is 270 Å². The molecule has 0 spiro atoms. The summed E-state index contributed by atoms with van der Waals surface area (Å²) in [5.74, 6) is 5.19. The van der Waals surface area contributed by atoms with E-state index in [0.29, 0.717) is 47.0 Å². The smallest absolute Gasteiger partial charge is 0.192 e. The van der Waals surface area contributed by atoms with Gasteiger partial charge in [0, 0.05) is 37.1 Å². The van der Waals surface area contributed by atoms with Gasteiger partial charge in [-0.2, -0.15) is 0 Å². The average molecular weight is 1820 g/mol. The summed E-state index contributed by atoms with van der Waals surface area (Å²) in [5.41, 5.74) is 13.4. The van der Waals surface area contributed by atoms with Crippen molar-refractivity contribution in [3.8, 4) is 0 Å². The maximum atomic E-state index is 11.7. The third-order valence-corrected chi connectivity index (χ3v) is 63.2. The van der Waals surface area contributed by atoms with Crippen molar-refractivity contribution in [3.63, 3.8) is 0 Å². The van der Waals surface area contributed by atoms with Crippen molar-refractivity contribution in [1.82, 2.24) is 0 Å². The van der Waals surface area contributed by atoms with E-state index in [1.165, 1.54) is 130 Å². The van der Waals surface area contributed by atoms with Crippen LogP contribution in [0.2, 0.25) is 109 Å². The zero-order valence-electron chi connectivity index (χ0n) is 82.8. The van der Waals surface area contributed by atoms with Crippen molar-refractivity contribution in [2.24, 2.45) is 69.5 Å². The maximum Gasteiger partial charge on any atom is 0.192 e. The Morgan fingerprint density at radius 3 is 0.866 bits per heavy atom. The summed E-state index contributed by atoms with van der Waals surface area (Å²) in [4.78, 5) is 11.7. The number of allylic oxidation sites excluding steroid dienone is 9. The minimum Gasteiger partial charge on any atom is -0.413 e. The lowest BCUT2D eigenvalue weighted by Gasteiger charge is -2.45. The quantitative estimate of drug-likeness (QED) is 0.0690. The largest absolute Gasteiger partial charge is 0.413 e. The van der Waals surface area contributed by atoms with Crippen LogP contribution in [0.4, 0.5) is 0 Å². The van der Waals surface area contributed by atoms with Gasteiger partial charge in [0.1, 0.15) is 6.29 Å². The number of carbonyl (C=O) groups excluding carboxylic acids is 1. The normalized spacial score (nSPS) is 33.4. The summed E-state index contributed by atoms with van der Waals surface area (Å²) < 4.78 is 42.2. The Balaban J connectivity index is 0.000000315. The van der Waals surface area contributed by atoms with E-state index in [1.807, 2.05) is 0 Å². The summed E-state index contributed by atoms with van der Waals surface area (Å²) >= 11 is 3.79. The molecule has 8 nitrogen and oxygen atoms in total. The molecule has 0 aliphatic heterocycles. The van der Waals surface area contributed by atoms with Crippen LogP contribution in [0.1, 0.15) is 316 Å². The van der Waals surface area contributed by atoms with Crippen LogP contribution in [0.5, 0.6) is 0 Å². The first-order chi connectivity index (χ1) is 53.2. The molecular formula is C104H191BrO8Si6. The molecule has 15 heteroatoms. The maximum absolute atomic E-state index is 11.7. The summed E-state index contributed by atoms with van der Waals surface area (Å²) in [6.45, 7) is 99.0. The van der Waals surface area contributed by atoms with Gasteiger partial charge in [-0.3, -0.25) is 0 Å². The highest BCUT2D eigenvalue weighted by Gasteiger charge is 2.56. The Morgan fingerprint density at radius 2 is 0.630 bits per heavy atom. The molecule has 0 aromatic carbocycles. The number of aliphatic hydroxyl groups excluding tert-OH is 1. The van der Waals surface area contributed by atoms with E-state index in [1.54, 1.807) is 16.7 Å². The summed E-state index contributed by atoms with van der Waals surface area (Å²) in [6.07, 6.45) is 40.9.